The molecule has 1 aliphatic heterocycles. The minimum Gasteiger partial charge on any atom is -0.356 e. The Labute approximate surface area is 165 Å². The first kappa shape index (κ1) is 20.0. The van der Waals surface area contributed by atoms with Gasteiger partial charge in [0.1, 0.15) is 4.21 Å². The van der Waals surface area contributed by atoms with Gasteiger partial charge in [-0.15, -0.1) is 11.3 Å². The number of carbonyl (C=O) groups excluding carboxylic acids is 1. The number of nitrogens with zero attached hydrogens (tertiary/aromatic N) is 1. The molecule has 1 unspecified atom stereocenters. The van der Waals surface area contributed by atoms with E-state index < -0.39 is 10.0 Å². The van der Waals surface area contributed by atoms with E-state index in [9.17, 15) is 13.2 Å². The van der Waals surface area contributed by atoms with E-state index in [2.05, 4.69) is 17.4 Å². The zero-order valence-corrected chi connectivity index (χ0v) is 17.0. The standard InChI is InChI=1S/C20H26N2O3S2/c23-20(21-13-5-4-10-17-8-2-1-3-9-17)18-11-6-14-22(16-18)27(24,25)19-12-7-15-26-19/h1-3,7-9,12,15,18H,4-6,10-11,13-14,16H2,(H,21,23). The summed E-state index contributed by atoms with van der Waals surface area (Å²) < 4.78 is 27.1. The quantitative estimate of drug-likeness (QED) is 0.684. The zero-order valence-electron chi connectivity index (χ0n) is 15.3. The molecule has 1 atom stereocenters. The monoisotopic (exact) mass is 406 g/mol. The van der Waals surface area contributed by atoms with Gasteiger partial charge in [0, 0.05) is 19.6 Å². The number of hydrogen-bond donors (Lipinski definition) is 1. The second kappa shape index (κ2) is 9.48. The van der Waals surface area contributed by atoms with E-state index >= 15 is 0 Å². The van der Waals surface area contributed by atoms with Crippen molar-refractivity contribution in [1.29, 1.82) is 0 Å². The van der Waals surface area contributed by atoms with Gasteiger partial charge in [-0.3, -0.25) is 4.79 Å². The Bertz CT molecular complexity index is 820. The largest absolute Gasteiger partial charge is 0.356 e. The summed E-state index contributed by atoms with van der Waals surface area (Å²) in [7, 11) is -3.47. The van der Waals surface area contributed by atoms with Crippen LogP contribution in [-0.2, 0) is 21.2 Å². The lowest BCUT2D eigenvalue weighted by molar-refractivity contribution is -0.126. The Balaban J connectivity index is 1.43. The molecule has 0 bridgehead atoms. The fourth-order valence-electron chi connectivity index (χ4n) is 3.37. The van der Waals surface area contributed by atoms with Crippen molar-refractivity contribution in [1.82, 2.24) is 9.62 Å². The number of amides is 1. The number of sulfonamides is 1. The summed E-state index contributed by atoms with van der Waals surface area (Å²) in [5.74, 6) is -0.289. The lowest BCUT2D eigenvalue weighted by Gasteiger charge is -2.30. The molecular weight excluding hydrogens is 380 g/mol. The van der Waals surface area contributed by atoms with Gasteiger partial charge >= 0.3 is 0 Å². The molecule has 1 fully saturated rings. The maximum absolute atomic E-state index is 12.7. The summed E-state index contributed by atoms with van der Waals surface area (Å²) in [5, 5.41) is 4.75. The summed E-state index contributed by atoms with van der Waals surface area (Å²) in [4.78, 5) is 12.5. The lowest BCUT2D eigenvalue weighted by Crippen LogP contribution is -2.45. The van der Waals surface area contributed by atoms with Crippen molar-refractivity contribution in [2.24, 2.45) is 5.92 Å². The van der Waals surface area contributed by atoms with Crippen LogP contribution in [0.25, 0.3) is 0 Å². The molecule has 0 aliphatic carbocycles. The van der Waals surface area contributed by atoms with Crippen LogP contribution in [-0.4, -0.2) is 38.3 Å². The van der Waals surface area contributed by atoms with E-state index in [-0.39, 0.29) is 18.4 Å². The number of nitrogens with one attached hydrogen (secondary N) is 1. The first-order valence-corrected chi connectivity index (χ1v) is 11.7. The van der Waals surface area contributed by atoms with Gasteiger partial charge in [0.05, 0.1) is 5.92 Å². The van der Waals surface area contributed by atoms with E-state index in [0.29, 0.717) is 17.3 Å². The van der Waals surface area contributed by atoms with Crippen LogP contribution in [0.4, 0.5) is 0 Å². The molecule has 0 spiro atoms. The fourth-order valence-corrected chi connectivity index (χ4v) is 6.04. The molecular formula is C20H26N2O3S2. The molecule has 1 N–H and O–H groups in total. The van der Waals surface area contributed by atoms with Crippen LogP contribution in [0.1, 0.15) is 31.2 Å². The minimum absolute atomic E-state index is 0.0270. The Morgan fingerprint density at radius 3 is 2.70 bits per heavy atom. The second-order valence-electron chi connectivity index (χ2n) is 6.87. The van der Waals surface area contributed by atoms with Crippen molar-refractivity contribution >= 4 is 27.3 Å². The highest BCUT2D eigenvalue weighted by molar-refractivity contribution is 7.91. The first-order valence-electron chi connectivity index (χ1n) is 9.42. The Kier molecular flexibility index (Phi) is 7.04. The molecule has 2 aromatic rings. The number of aryl methyl sites for hydroxylation is 1. The highest BCUT2D eigenvalue weighted by atomic mass is 32.2. The molecule has 1 aromatic heterocycles. The number of rotatable bonds is 8. The Morgan fingerprint density at radius 1 is 1.15 bits per heavy atom. The molecule has 5 nitrogen and oxygen atoms in total. The third-order valence-corrected chi connectivity index (χ3v) is 8.12. The molecule has 0 saturated carbocycles. The average Bonchev–Trinajstić information content (AvgIpc) is 3.24. The molecule has 146 valence electrons. The van der Waals surface area contributed by atoms with Crippen LogP contribution in [0.5, 0.6) is 0 Å². The number of thiophene rings is 1. The molecule has 3 rings (SSSR count). The SMILES string of the molecule is O=C(NCCCCc1ccccc1)C1CCCN(S(=O)(=O)c2cccs2)C1. The number of hydrogen-bond acceptors (Lipinski definition) is 4. The van der Waals surface area contributed by atoms with Crippen LogP contribution >= 0.6 is 11.3 Å². The van der Waals surface area contributed by atoms with Gasteiger partial charge in [-0.2, -0.15) is 4.31 Å². The van der Waals surface area contributed by atoms with Gasteiger partial charge < -0.3 is 5.32 Å². The van der Waals surface area contributed by atoms with E-state index in [4.69, 9.17) is 0 Å². The number of piperidine rings is 1. The van der Waals surface area contributed by atoms with E-state index in [0.717, 1.165) is 32.1 Å². The molecule has 1 amide bonds. The summed E-state index contributed by atoms with van der Waals surface area (Å²) in [6, 6.07) is 13.7. The van der Waals surface area contributed by atoms with E-state index in [1.807, 2.05) is 18.2 Å². The van der Waals surface area contributed by atoms with Crippen LogP contribution in [0.15, 0.2) is 52.1 Å². The van der Waals surface area contributed by atoms with Gasteiger partial charge in [0.25, 0.3) is 10.0 Å². The topological polar surface area (TPSA) is 66.5 Å². The van der Waals surface area contributed by atoms with Crippen molar-refractivity contribution in [3.63, 3.8) is 0 Å². The highest BCUT2D eigenvalue weighted by Gasteiger charge is 2.33. The zero-order chi connectivity index (χ0) is 19.1. The molecule has 2 heterocycles. The molecule has 0 radical (unpaired) electrons. The van der Waals surface area contributed by atoms with E-state index in [1.54, 1.807) is 17.5 Å². The van der Waals surface area contributed by atoms with Gasteiger partial charge in [0.15, 0.2) is 0 Å². The van der Waals surface area contributed by atoms with Crippen LogP contribution in [0.2, 0.25) is 0 Å². The third-order valence-electron chi connectivity index (χ3n) is 4.88. The summed E-state index contributed by atoms with van der Waals surface area (Å²) in [6.07, 6.45) is 4.41. The van der Waals surface area contributed by atoms with Gasteiger partial charge in [-0.1, -0.05) is 36.4 Å². The second-order valence-corrected chi connectivity index (χ2v) is 9.98. The summed E-state index contributed by atoms with van der Waals surface area (Å²) in [5.41, 5.74) is 1.31. The third kappa shape index (κ3) is 5.40. The Hall–Kier alpha value is -1.70. The van der Waals surface area contributed by atoms with Crippen LogP contribution in [0, 0.1) is 5.92 Å². The van der Waals surface area contributed by atoms with Crippen LogP contribution in [0.3, 0.4) is 0 Å². The highest BCUT2D eigenvalue weighted by Crippen LogP contribution is 2.26. The maximum Gasteiger partial charge on any atom is 0.252 e. The predicted molar refractivity (Wildman–Crippen MR) is 108 cm³/mol. The summed E-state index contributed by atoms with van der Waals surface area (Å²) in [6.45, 7) is 1.40. The van der Waals surface area contributed by atoms with Gasteiger partial charge in [-0.05, 0) is 49.1 Å². The smallest absolute Gasteiger partial charge is 0.252 e. The van der Waals surface area contributed by atoms with Crippen molar-refractivity contribution in [2.45, 2.75) is 36.3 Å². The van der Waals surface area contributed by atoms with E-state index in [1.165, 1.54) is 21.2 Å². The lowest BCUT2D eigenvalue weighted by atomic mass is 9.99. The minimum atomic E-state index is -3.47. The summed E-state index contributed by atoms with van der Waals surface area (Å²) >= 11 is 1.22. The molecule has 7 heteroatoms. The first-order chi connectivity index (χ1) is 13.1. The maximum atomic E-state index is 12.7. The average molecular weight is 407 g/mol. The normalized spacial score (nSPS) is 18.3. The molecule has 27 heavy (non-hydrogen) atoms. The van der Waals surface area contributed by atoms with Crippen molar-refractivity contribution in [3.05, 3.63) is 53.4 Å². The molecule has 1 saturated heterocycles. The van der Waals surface area contributed by atoms with Crippen molar-refractivity contribution < 1.29 is 13.2 Å². The van der Waals surface area contributed by atoms with Gasteiger partial charge in [-0.25, -0.2) is 8.42 Å². The van der Waals surface area contributed by atoms with Crippen molar-refractivity contribution in [2.75, 3.05) is 19.6 Å². The Morgan fingerprint density at radius 2 is 1.96 bits per heavy atom. The fraction of sp³-hybridized carbons (Fsp3) is 0.450. The molecule has 1 aromatic carbocycles. The van der Waals surface area contributed by atoms with Gasteiger partial charge in [0.2, 0.25) is 5.91 Å². The number of unbranched alkanes of at least 4 members (excludes halogenated alkanes) is 1. The number of benzene rings is 1. The van der Waals surface area contributed by atoms with Crippen LogP contribution < -0.4 is 5.32 Å². The van der Waals surface area contributed by atoms with Crippen molar-refractivity contribution in [3.8, 4) is 0 Å². The molecule has 1 aliphatic rings. The number of carbonyl (C=O) groups is 1. The predicted octanol–water partition coefficient (Wildman–Crippen LogP) is 3.29.